The fraction of sp³-hybridized carbons (Fsp3) is 0.406. The molecule has 4 amide bonds. The first kappa shape index (κ1) is 51.9. The maximum atomic E-state index is 14.7. The van der Waals surface area contributed by atoms with Gasteiger partial charge in [-0.15, -0.1) is 0 Å². The number of aromatic nitrogens is 4. The number of nitrogens with zero attached hydrogens (tertiary/aromatic N) is 4. The number of benzene rings is 5. The Kier molecular flexibility index (Phi) is 13.1. The van der Waals surface area contributed by atoms with Crippen LogP contribution in [-0.2, 0) is 41.4 Å². The zero-order valence-electron chi connectivity index (χ0n) is 46.1. The van der Waals surface area contributed by atoms with Gasteiger partial charge in [0.05, 0.1) is 69.0 Å². The molecule has 18 heteroatoms. The van der Waals surface area contributed by atoms with E-state index in [1.165, 1.54) is 51.0 Å². The van der Waals surface area contributed by atoms with Crippen molar-refractivity contribution in [1.29, 1.82) is 0 Å². The third-order valence-corrected chi connectivity index (χ3v) is 18.5. The first-order chi connectivity index (χ1) is 40.0. The Morgan fingerprint density at radius 1 is 0.634 bits per heavy atom. The number of fused-ring (bicyclic) bond motifs is 3. The number of likely N-dealkylation sites (tertiary alicyclic amines) is 2. The van der Waals surface area contributed by atoms with E-state index in [1.54, 1.807) is 17.0 Å². The maximum absolute atomic E-state index is 14.7. The van der Waals surface area contributed by atoms with Crippen molar-refractivity contribution in [3.8, 4) is 45.0 Å². The SMILES string of the molecule is COC(=O)N[C@H](C(=O)N1CCC[C@@H]1c1ncc(-c2ccc(-c3ccc(-c4ccc5nc([C@@H]6CC7(CN6C(=O)[C@@H](NC(=O)OC)c6ccccc6)OCCO7)[nH]c5c4)c4c3OC3(CCCC3)O4)c3c2CC2(CCCC2)C3)[nH]1)c1ccccc1. The molecule has 5 fully saturated rings. The van der Waals surface area contributed by atoms with E-state index in [2.05, 4.69) is 57.0 Å². The van der Waals surface area contributed by atoms with Crippen molar-refractivity contribution < 1.29 is 47.6 Å². The number of aromatic amines is 2. The van der Waals surface area contributed by atoms with E-state index >= 15 is 0 Å². The molecule has 0 bridgehead atoms. The molecule has 422 valence electrons. The zero-order valence-corrected chi connectivity index (χ0v) is 46.1. The smallest absolute Gasteiger partial charge is 0.407 e. The van der Waals surface area contributed by atoms with Crippen LogP contribution in [0.15, 0.2) is 109 Å². The van der Waals surface area contributed by atoms with Gasteiger partial charge < -0.3 is 58.8 Å². The topological polar surface area (TPSA) is 212 Å². The summed E-state index contributed by atoms with van der Waals surface area (Å²) in [5.41, 5.74) is 11.6. The molecule has 5 aromatic carbocycles. The van der Waals surface area contributed by atoms with Gasteiger partial charge in [0, 0.05) is 42.5 Å². The lowest BCUT2D eigenvalue weighted by Crippen LogP contribution is -2.44. The van der Waals surface area contributed by atoms with Gasteiger partial charge in [-0.3, -0.25) is 9.59 Å². The lowest BCUT2D eigenvalue weighted by atomic mass is 9.82. The molecule has 0 unspecified atom stereocenters. The van der Waals surface area contributed by atoms with Gasteiger partial charge in [0.25, 0.3) is 17.6 Å². The molecule has 0 radical (unpaired) electrons. The summed E-state index contributed by atoms with van der Waals surface area (Å²) < 4.78 is 36.6. The number of amides is 4. The number of imidazole rings is 2. The minimum atomic E-state index is -1.03. The van der Waals surface area contributed by atoms with E-state index in [-0.39, 0.29) is 29.8 Å². The first-order valence-corrected chi connectivity index (χ1v) is 28.9. The van der Waals surface area contributed by atoms with Crippen molar-refractivity contribution in [2.24, 2.45) is 5.41 Å². The molecule has 82 heavy (non-hydrogen) atoms. The summed E-state index contributed by atoms with van der Waals surface area (Å²) in [4.78, 5) is 75.3. The number of carbonyl (C=O) groups is 4. The van der Waals surface area contributed by atoms with Gasteiger partial charge in [-0.05, 0) is 114 Å². The van der Waals surface area contributed by atoms with E-state index in [0.29, 0.717) is 43.1 Å². The monoisotopic (exact) mass is 1110 g/mol. The van der Waals surface area contributed by atoms with Gasteiger partial charge >= 0.3 is 12.2 Å². The first-order valence-electron chi connectivity index (χ1n) is 28.9. The Morgan fingerprint density at radius 3 is 1.90 bits per heavy atom. The Hall–Kier alpha value is -8.22. The molecule has 2 saturated carbocycles. The highest BCUT2D eigenvalue weighted by molar-refractivity contribution is 5.91. The predicted octanol–water partition coefficient (Wildman–Crippen LogP) is 10.9. The third-order valence-electron chi connectivity index (χ3n) is 18.5. The quantitative estimate of drug-likeness (QED) is 0.0953. The van der Waals surface area contributed by atoms with Crippen LogP contribution in [0.3, 0.4) is 0 Å². The highest BCUT2D eigenvalue weighted by Gasteiger charge is 2.53. The Labute approximate surface area is 474 Å². The largest absolute Gasteiger partial charge is 0.453 e. The summed E-state index contributed by atoms with van der Waals surface area (Å²) in [5, 5.41) is 5.54. The minimum absolute atomic E-state index is 0.151. The zero-order chi connectivity index (χ0) is 55.7. The van der Waals surface area contributed by atoms with Gasteiger partial charge in [0.1, 0.15) is 23.7 Å². The Bertz CT molecular complexity index is 3620. The number of hydrogen-bond donors (Lipinski definition) is 4. The Balaban J connectivity index is 0.796. The van der Waals surface area contributed by atoms with E-state index in [9.17, 15) is 19.2 Å². The van der Waals surface area contributed by atoms with Crippen molar-refractivity contribution >= 4 is 35.0 Å². The van der Waals surface area contributed by atoms with Crippen molar-refractivity contribution in [1.82, 2.24) is 40.4 Å². The highest BCUT2D eigenvalue weighted by atomic mass is 16.7. The summed E-state index contributed by atoms with van der Waals surface area (Å²) in [7, 11) is 2.57. The third kappa shape index (κ3) is 9.10. The van der Waals surface area contributed by atoms with Crippen LogP contribution in [-0.4, -0.2) is 106 Å². The van der Waals surface area contributed by atoms with Crippen LogP contribution in [0, 0.1) is 5.41 Å². The average molecular weight is 1110 g/mol. The maximum Gasteiger partial charge on any atom is 0.407 e. The van der Waals surface area contributed by atoms with Crippen molar-refractivity contribution in [2.75, 3.05) is 40.5 Å². The number of alkyl carbamates (subject to hydrolysis) is 2. The Morgan fingerprint density at radius 2 is 1.23 bits per heavy atom. The number of rotatable bonds is 11. The number of ether oxygens (including phenoxy) is 6. The molecule has 2 aromatic heterocycles. The van der Waals surface area contributed by atoms with Crippen LogP contribution in [0.2, 0.25) is 0 Å². The van der Waals surface area contributed by atoms with E-state index in [1.807, 2.05) is 65.7 Å². The standard InChI is InChI=1S/C64H66N8O10/c1-77-60(75)69-52(38-14-5-3-6-15-38)58(73)71-29-13-18-50(71)56-65-36-49(68-56)43-22-21-42(45-33-62(34-46(43)45)25-9-10-26-62)44-23-20-41(54-55(44)82-63(81-54)27-11-12-28-63)40-19-24-47-48(32-40)67-57(66-47)51-35-64(79-30-31-80-64)37-72(51)59(74)53(70-61(76)78-2)39-16-7-4-8-17-39/h3-8,14-17,19-24,32,36,50-53H,9-13,18,25-31,33-35,37H2,1-2H3,(H,65,68)(H,66,67)(H,69,75)(H,70,76)/t50-,51+,52+,53+/m1/s1. The molecule has 3 aliphatic carbocycles. The summed E-state index contributed by atoms with van der Waals surface area (Å²) in [6, 6.07) is 30.6. The van der Waals surface area contributed by atoms with Crippen molar-refractivity contribution in [3.63, 3.8) is 0 Å². The fourth-order valence-corrected chi connectivity index (χ4v) is 14.5. The van der Waals surface area contributed by atoms with Gasteiger partial charge in [-0.25, -0.2) is 19.6 Å². The van der Waals surface area contributed by atoms with E-state index in [0.717, 1.165) is 113 Å². The van der Waals surface area contributed by atoms with Gasteiger partial charge in [-0.2, -0.15) is 0 Å². The lowest BCUT2D eigenvalue weighted by molar-refractivity contribution is -0.153. The molecule has 4 N–H and O–H groups in total. The number of H-pyrrole nitrogens is 2. The summed E-state index contributed by atoms with van der Waals surface area (Å²) in [5.74, 6) is 0.461. The molecule has 4 aliphatic heterocycles. The van der Waals surface area contributed by atoms with E-state index in [4.69, 9.17) is 38.4 Å². The van der Waals surface area contributed by atoms with Gasteiger partial charge in [0.15, 0.2) is 17.3 Å². The molecule has 7 aliphatic rings. The van der Waals surface area contributed by atoms with E-state index < -0.39 is 41.9 Å². The number of nitrogens with one attached hydrogen (secondary N) is 4. The van der Waals surface area contributed by atoms with Crippen LogP contribution >= 0.6 is 0 Å². The number of methoxy groups -OCH3 is 2. The van der Waals surface area contributed by atoms with Crippen LogP contribution in [0.5, 0.6) is 11.5 Å². The van der Waals surface area contributed by atoms with Crippen molar-refractivity contribution in [3.05, 3.63) is 143 Å². The number of carbonyl (C=O) groups excluding carboxylic acids is 4. The molecule has 3 saturated heterocycles. The molecule has 4 atom stereocenters. The average Bonchev–Trinajstić information content (AvgIpc) is 4.51. The van der Waals surface area contributed by atoms with Crippen molar-refractivity contribution in [2.45, 2.75) is 119 Å². The van der Waals surface area contributed by atoms with Gasteiger partial charge in [-0.1, -0.05) is 91.7 Å². The molecule has 18 nitrogen and oxygen atoms in total. The minimum Gasteiger partial charge on any atom is -0.453 e. The molecule has 14 rings (SSSR count). The summed E-state index contributed by atoms with van der Waals surface area (Å²) in [6.07, 6.45) is 12.7. The normalized spacial score (nSPS) is 21.4. The van der Waals surface area contributed by atoms with Crippen LogP contribution < -0.4 is 20.1 Å². The lowest BCUT2D eigenvalue weighted by Gasteiger charge is -2.28. The summed E-state index contributed by atoms with van der Waals surface area (Å²) in [6.45, 7) is 1.50. The molecule has 3 spiro atoms. The van der Waals surface area contributed by atoms with Crippen LogP contribution in [0.25, 0.3) is 44.5 Å². The fourth-order valence-electron chi connectivity index (χ4n) is 14.5. The summed E-state index contributed by atoms with van der Waals surface area (Å²) >= 11 is 0. The van der Waals surface area contributed by atoms with Gasteiger partial charge in [0.2, 0.25) is 0 Å². The molecular formula is C64H66N8O10. The molecular weight excluding hydrogens is 1040 g/mol. The second-order valence-corrected chi connectivity index (χ2v) is 23.3. The molecule has 6 heterocycles. The molecule has 7 aromatic rings. The number of hydrogen-bond acceptors (Lipinski definition) is 12. The van der Waals surface area contributed by atoms with Crippen LogP contribution in [0.1, 0.15) is 129 Å². The second-order valence-electron chi connectivity index (χ2n) is 23.3. The highest BCUT2D eigenvalue weighted by Crippen LogP contribution is 2.58. The second kappa shape index (κ2) is 20.6. The predicted molar refractivity (Wildman–Crippen MR) is 302 cm³/mol. The van der Waals surface area contributed by atoms with Crippen LogP contribution in [0.4, 0.5) is 9.59 Å².